The lowest BCUT2D eigenvalue weighted by molar-refractivity contribution is -0.118. The number of nitrogens with one attached hydrogen (secondary N) is 1. The molecule has 0 aliphatic heterocycles. The minimum Gasteiger partial charge on any atom is -0.478 e. The van der Waals surface area contributed by atoms with Crippen LogP contribution < -0.4 is 15.8 Å². The summed E-state index contributed by atoms with van der Waals surface area (Å²) in [5.41, 5.74) is 5.92. The minimum atomic E-state index is -0.291. The van der Waals surface area contributed by atoms with E-state index in [2.05, 4.69) is 15.3 Å². The van der Waals surface area contributed by atoms with Crippen LogP contribution in [0.25, 0.3) is 0 Å². The highest BCUT2D eigenvalue weighted by Gasteiger charge is 2.06. The molecule has 1 heterocycles. The van der Waals surface area contributed by atoms with E-state index in [1.54, 1.807) is 0 Å². The van der Waals surface area contributed by atoms with Crippen LogP contribution in [0.5, 0.6) is 5.88 Å². The summed E-state index contributed by atoms with van der Waals surface area (Å²) in [6, 6.07) is 0. The van der Waals surface area contributed by atoms with Crippen LogP contribution in [0.2, 0.25) is 0 Å². The third-order valence-electron chi connectivity index (χ3n) is 2.21. The quantitative estimate of drug-likeness (QED) is 0.688. The number of ether oxygens (including phenoxy) is 1. The molecule has 0 unspecified atom stereocenters. The first-order valence-electron chi connectivity index (χ1n) is 5.61. The summed E-state index contributed by atoms with van der Waals surface area (Å²) in [4.78, 5) is 18.7. The number of aromatic nitrogens is 2. The molecule has 0 spiro atoms. The molecule has 1 aromatic rings. The summed E-state index contributed by atoms with van der Waals surface area (Å²) in [5.74, 6) is 1.02. The topological polar surface area (TPSA) is 90.1 Å². The summed E-state index contributed by atoms with van der Waals surface area (Å²) in [5, 5.41) is 3.13. The molecule has 3 N–H and O–H groups in total. The first kappa shape index (κ1) is 13.2. The Hall–Kier alpha value is -1.85. The normalized spacial score (nSPS) is 10.0. The molecule has 0 saturated carbocycles. The van der Waals surface area contributed by atoms with Crippen molar-refractivity contribution in [1.82, 2.24) is 9.97 Å². The van der Waals surface area contributed by atoms with Crippen molar-refractivity contribution in [2.45, 2.75) is 26.7 Å². The molecule has 1 aromatic heterocycles. The molecule has 17 heavy (non-hydrogen) atoms. The molecule has 1 rings (SSSR count). The van der Waals surface area contributed by atoms with Crippen LogP contribution >= 0.6 is 0 Å². The number of carbonyl (C=O) groups is 1. The highest BCUT2D eigenvalue weighted by molar-refractivity contribution is 5.73. The van der Waals surface area contributed by atoms with Crippen molar-refractivity contribution < 1.29 is 9.53 Å². The second kappa shape index (κ2) is 6.67. The summed E-state index contributed by atoms with van der Waals surface area (Å²) in [6.45, 7) is 5.01. The highest BCUT2D eigenvalue weighted by atomic mass is 16.5. The van der Waals surface area contributed by atoms with Gasteiger partial charge in [-0.15, -0.1) is 0 Å². The van der Waals surface area contributed by atoms with Crippen LogP contribution in [0.1, 0.15) is 25.3 Å². The number of rotatable bonds is 7. The van der Waals surface area contributed by atoms with E-state index < -0.39 is 0 Å². The van der Waals surface area contributed by atoms with Crippen molar-refractivity contribution in [3.05, 3.63) is 11.9 Å². The Morgan fingerprint density at radius 2 is 2.29 bits per heavy atom. The van der Waals surface area contributed by atoms with E-state index in [0.29, 0.717) is 31.9 Å². The molecule has 1 amide bonds. The molecule has 6 heteroatoms. The molecule has 6 nitrogen and oxygen atoms in total. The van der Waals surface area contributed by atoms with E-state index in [1.807, 2.05) is 13.8 Å². The first-order valence-corrected chi connectivity index (χ1v) is 5.61. The van der Waals surface area contributed by atoms with Crippen molar-refractivity contribution in [2.24, 2.45) is 5.73 Å². The Morgan fingerprint density at radius 3 is 2.94 bits per heavy atom. The van der Waals surface area contributed by atoms with Gasteiger partial charge in [0.15, 0.2) is 0 Å². The van der Waals surface area contributed by atoms with Gasteiger partial charge in [0.1, 0.15) is 12.1 Å². The van der Waals surface area contributed by atoms with Gasteiger partial charge in [0, 0.05) is 13.0 Å². The molecular formula is C11H18N4O2. The molecule has 0 fully saturated rings. The van der Waals surface area contributed by atoms with Crippen molar-refractivity contribution in [3.8, 4) is 5.88 Å². The fraction of sp³-hybridized carbons (Fsp3) is 0.545. The number of amides is 1. The third kappa shape index (κ3) is 4.26. The minimum absolute atomic E-state index is 0.291. The lowest BCUT2D eigenvalue weighted by Gasteiger charge is -2.10. The van der Waals surface area contributed by atoms with E-state index >= 15 is 0 Å². The Balaban J connectivity index is 2.53. The number of carbonyl (C=O) groups excluding carboxylic acids is 1. The highest BCUT2D eigenvalue weighted by Crippen LogP contribution is 2.19. The Kier molecular flexibility index (Phi) is 5.19. The average Bonchev–Trinajstić information content (AvgIpc) is 2.29. The van der Waals surface area contributed by atoms with E-state index in [1.165, 1.54) is 6.33 Å². The summed E-state index contributed by atoms with van der Waals surface area (Å²) in [6.07, 6.45) is 2.51. The molecule has 0 aliphatic carbocycles. The Bertz CT molecular complexity index is 382. The maximum atomic E-state index is 10.6. The van der Waals surface area contributed by atoms with Gasteiger partial charge < -0.3 is 15.8 Å². The van der Waals surface area contributed by atoms with Crippen LogP contribution in [0.3, 0.4) is 0 Å². The number of nitrogens with two attached hydrogens (primary N) is 1. The molecule has 94 valence electrons. The molecular weight excluding hydrogens is 220 g/mol. The van der Waals surface area contributed by atoms with Crippen LogP contribution in [0.15, 0.2) is 6.33 Å². The zero-order chi connectivity index (χ0) is 12.7. The van der Waals surface area contributed by atoms with E-state index in [9.17, 15) is 4.79 Å². The molecule has 0 aliphatic rings. The summed E-state index contributed by atoms with van der Waals surface area (Å²) >= 11 is 0. The van der Waals surface area contributed by atoms with Crippen LogP contribution in [-0.2, 0) is 4.79 Å². The van der Waals surface area contributed by atoms with Crippen molar-refractivity contribution in [1.29, 1.82) is 0 Å². The maximum absolute atomic E-state index is 10.6. The van der Waals surface area contributed by atoms with E-state index in [0.717, 1.165) is 11.4 Å². The van der Waals surface area contributed by atoms with Gasteiger partial charge in [0.05, 0.1) is 12.2 Å². The number of anilines is 1. The molecule has 0 bridgehead atoms. The molecule has 0 saturated heterocycles. The lowest BCUT2D eigenvalue weighted by Crippen LogP contribution is -2.13. The average molecular weight is 238 g/mol. The predicted molar refractivity (Wildman–Crippen MR) is 64.9 cm³/mol. The zero-order valence-electron chi connectivity index (χ0n) is 10.2. The van der Waals surface area contributed by atoms with E-state index in [-0.39, 0.29) is 5.91 Å². The first-order chi connectivity index (χ1) is 8.15. The van der Waals surface area contributed by atoms with Crippen LogP contribution in [0.4, 0.5) is 5.82 Å². The number of nitrogens with zero attached hydrogens (tertiary/aromatic N) is 2. The SMILES string of the molecule is CCOc1ncnc(NCCCC(N)=O)c1C. The van der Waals surface area contributed by atoms with Crippen LogP contribution in [0, 0.1) is 6.92 Å². The number of primary amides is 1. The van der Waals surface area contributed by atoms with Gasteiger partial charge in [-0.2, -0.15) is 0 Å². The van der Waals surface area contributed by atoms with Gasteiger partial charge in [0.2, 0.25) is 11.8 Å². The Labute approximate surface area is 101 Å². The Morgan fingerprint density at radius 1 is 1.53 bits per heavy atom. The van der Waals surface area contributed by atoms with Crippen LogP contribution in [-0.4, -0.2) is 29.0 Å². The second-order valence-corrected chi connectivity index (χ2v) is 3.58. The van der Waals surface area contributed by atoms with Crippen molar-refractivity contribution in [2.75, 3.05) is 18.5 Å². The predicted octanol–water partition coefficient (Wildman–Crippen LogP) is 0.861. The van der Waals surface area contributed by atoms with Gasteiger partial charge in [-0.1, -0.05) is 0 Å². The van der Waals surface area contributed by atoms with Crippen molar-refractivity contribution >= 4 is 11.7 Å². The van der Waals surface area contributed by atoms with Gasteiger partial charge in [-0.05, 0) is 20.3 Å². The summed E-state index contributed by atoms with van der Waals surface area (Å²) < 4.78 is 5.36. The van der Waals surface area contributed by atoms with Gasteiger partial charge in [0.25, 0.3) is 0 Å². The lowest BCUT2D eigenvalue weighted by atomic mass is 10.3. The third-order valence-corrected chi connectivity index (χ3v) is 2.21. The number of hydrogen-bond donors (Lipinski definition) is 2. The molecule has 0 atom stereocenters. The molecule has 0 aromatic carbocycles. The monoisotopic (exact) mass is 238 g/mol. The smallest absolute Gasteiger partial charge is 0.221 e. The maximum Gasteiger partial charge on any atom is 0.221 e. The van der Waals surface area contributed by atoms with Gasteiger partial charge in [-0.25, -0.2) is 9.97 Å². The van der Waals surface area contributed by atoms with Gasteiger partial charge in [-0.3, -0.25) is 4.79 Å². The van der Waals surface area contributed by atoms with E-state index in [4.69, 9.17) is 10.5 Å². The fourth-order valence-electron chi connectivity index (χ4n) is 1.36. The number of hydrogen-bond acceptors (Lipinski definition) is 5. The summed E-state index contributed by atoms with van der Waals surface area (Å²) in [7, 11) is 0. The standard InChI is InChI=1S/C11H18N4O2/c1-3-17-11-8(2)10(14-7-15-11)13-6-4-5-9(12)16/h7H,3-6H2,1-2H3,(H2,12,16)(H,13,14,15). The fourth-order valence-corrected chi connectivity index (χ4v) is 1.36. The van der Waals surface area contributed by atoms with Crippen molar-refractivity contribution in [3.63, 3.8) is 0 Å². The second-order valence-electron chi connectivity index (χ2n) is 3.58. The van der Waals surface area contributed by atoms with Gasteiger partial charge >= 0.3 is 0 Å². The largest absolute Gasteiger partial charge is 0.478 e. The zero-order valence-corrected chi connectivity index (χ0v) is 10.2. The molecule has 0 radical (unpaired) electrons.